The summed E-state index contributed by atoms with van der Waals surface area (Å²) in [6, 6.07) is 16.6. The number of aromatic nitrogens is 2. The zero-order valence-electron chi connectivity index (χ0n) is 14.8. The first kappa shape index (κ1) is 17.5. The van der Waals surface area contributed by atoms with E-state index in [1.807, 2.05) is 30.3 Å². The highest BCUT2D eigenvalue weighted by Gasteiger charge is 2.37. The molecular formula is C20H19ClN4O2. The lowest BCUT2D eigenvalue weighted by Gasteiger charge is -2.16. The number of nitrogens with one attached hydrogen (secondary N) is 1. The van der Waals surface area contributed by atoms with E-state index in [1.165, 1.54) is 0 Å². The van der Waals surface area contributed by atoms with Gasteiger partial charge in [0.05, 0.1) is 5.92 Å². The van der Waals surface area contributed by atoms with E-state index in [2.05, 4.69) is 22.4 Å². The minimum atomic E-state index is -0.144. The predicted molar refractivity (Wildman–Crippen MR) is 104 cm³/mol. The molecule has 0 bridgehead atoms. The van der Waals surface area contributed by atoms with E-state index in [9.17, 15) is 4.79 Å². The molecular weight excluding hydrogens is 364 g/mol. The number of amides is 2. The Labute approximate surface area is 162 Å². The third kappa shape index (κ3) is 3.80. The maximum atomic E-state index is 12.6. The highest BCUT2D eigenvalue weighted by molar-refractivity contribution is 6.30. The number of nitrogens with zero attached hydrogens (tertiary/aromatic N) is 3. The predicted octanol–water partition coefficient (Wildman–Crippen LogP) is 4.66. The van der Waals surface area contributed by atoms with Crippen molar-refractivity contribution in [2.45, 2.75) is 12.8 Å². The Balaban J connectivity index is 1.44. The first-order chi connectivity index (χ1) is 13.1. The van der Waals surface area contributed by atoms with Crippen molar-refractivity contribution in [1.82, 2.24) is 15.0 Å². The van der Waals surface area contributed by atoms with Gasteiger partial charge >= 0.3 is 6.03 Å². The summed E-state index contributed by atoms with van der Waals surface area (Å²) in [5.41, 5.74) is 1.63. The Kier molecular flexibility index (Phi) is 4.81. The van der Waals surface area contributed by atoms with Crippen molar-refractivity contribution >= 4 is 23.3 Å². The van der Waals surface area contributed by atoms with Gasteiger partial charge in [-0.15, -0.1) is 0 Å². The normalized spacial score (nSPS) is 19.3. The van der Waals surface area contributed by atoms with Crippen molar-refractivity contribution in [2.24, 2.45) is 5.92 Å². The molecule has 0 saturated carbocycles. The van der Waals surface area contributed by atoms with Crippen LogP contribution in [0.25, 0.3) is 11.4 Å². The standard InChI is InChI=1S/C20H19ClN4O2/c1-13-11-25(20(26)22-16-9-7-15(21)8-10-16)12-17(13)19-23-18(24-27-19)14-5-3-2-4-6-14/h2-10,13,17H,11-12H2,1H3,(H,22,26)/t13-,17-/m0/s1. The zero-order valence-corrected chi connectivity index (χ0v) is 15.6. The summed E-state index contributed by atoms with van der Waals surface area (Å²) in [5, 5.41) is 7.62. The van der Waals surface area contributed by atoms with Crippen LogP contribution in [0.2, 0.25) is 5.02 Å². The number of halogens is 1. The maximum Gasteiger partial charge on any atom is 0.321 e. The number of carbonyl (C=O) groups is 1. The number of likely N-dealkylation sites (tertiary alicyclic amines) is 1. The molecule has 2 aromatic carbocycles. The first-order valence-corrected chi connectivity index (χ1v) is 9.18. The van der Waals surface area contributed by atoms with Gasteiger partial charge in [0.2, 0.25) is 11.7 Å². The fourth-order valence-electron chi connectivity index (χ4n) is 3.28. The van der Waals surface area contributed by atoms with E-state index >= 15 is 0 Å². The molecule has 27 heavy (non-hydrogen) atoms. The van der Waals surface area contributed by atoms with Crippen LogP contribution in [0.4, 0.5) is 10.5 Å². The SMILES string of the molecule is C[C@H]1CN(C(=O)Nc2ccc(Cl)cc2)C[C@@H]1c1nc(-c2ccccc2)no1. The van der Waals surface area contributed by atoms with Crippen LogP contribution in [0.15, 0.2) is 59.1 Å². The number of benzene rings is 2. The average Bonchev–Trinajstić information content (AvgIpc) is 3.31. The van der Waals surface area contributed by atoms with Crippen LogP contribution in [0.3, 0.4) is 0 Å². The fraction of sp³-hybridized carbons (Fsp3) is 0.250. The monoisotopic (exact) mass is 382 g/mol. The van der Waals surface area contributed by atoms with Gasteiger partial charge < -0.3 is 14.7 Å². The van der Waals surface area contributed by atoms with Crippen LogP contribution >= 0.6 is 11.6 Å². The molecule has 1 aliphatic heterocycles. The van der Waals surface area contributed by atoms with E-state index in [1.54, 1.807) is 29.2 Å². The minimum Gasteiger partial charge on any atom is -0.339 e. The van der Waals surface area contributed by atoms with Gasteiger partial charge in [-0.25, -0.2) is 4.79 Å². The first-order valence-electron chi connectivity index (χ1n) is 8.80. The molecule has 0 aliphatic carbocycles. The van der Waals surface area contributed by atoms with Crippen LogP contribution in [-0.2, 0) is 0 Å². The summed E-state index contributed by atoms with van der Waals surface area (Å²) in [7, 11) is 0. The summed E-state index contributed by atoms with van der Waals surface area (Å²) >= 11 is 5.88. The topological polar surface area (TPSA) is 71.3 Å². The van der Waals surface area contributed by atoms with Gasteiger partial charge in [-0.05, 0) is 30.2 Å². The Hall–Kier alpha value is -2.86. The van der Waals surface area contributed by atoms with Crippen molar-refractivity contribution < 1.29 is 9.32 Å². The largest absolute Gasteiger partial charge is 0.339 e. The van der Waals surface area contributed by atoms with Gasteiger partial charge in [0.1, 0.15) is 0 Å². The summed E-state index contributed by atoms with van der Waals surface area (Å²) in [4.78, 5) is 18.9. The van der Waals surface area contributed by atoms with Crippen molar-refractivity contribution in [3.05, 3.63) is 65.5 Å². The number of urea groups is 1. The third-order valence-electron chi connectivity index (χ3n) is 4.79. The van der Waals surface area contributed by atoms with Gasteiger partial charge in [-0.1, -0.05) is 54.0 Å². The van der Waals surface area contributed by atoms with Gasteiger partial charge in [0.25, 0.3) is 0 Å². The van der Waals surface area contributed by atoms with E-state index < -0.39 is 0 Å². The smallest absolute Gasteiger partial charge is 0.321 e. The van der Waals surface area contributed by atoms with Gasteiger partial charge in [0, 0.05) is 29.4 Å². The van der Waals surface area contributed by atoms with Crippen molar-refractivity contribution in [3.63, 3.8) is 0 Å². The van der Waals surface area contributed by atoms with Gasteiger partial charge in [-0.2, -0.15) is 4.98 Å². The number of hydrogen-bond donors (Lipinski definition) is 1. The molecule has 2 heterocycles. The molecule has 1 fully saturated rings. The molecule has 2 amide bonds. The lowest BCUT2D eigenvalue weighted by atomic mass is 9.98. The Morgan fingerprint density at radius 2 is 1.89 bits per heavy atom. The summed E-state index contributed by atoms with van der Waals surface area (Å²) in [6.45, 7) is 3.26. The quantitative estimate of drug-likeness (QED) is 0.715. The maximum absolute atomic E-state index is 12.6. The van der Waals surface area contributed by atoms with Crippen molar-refractivity contribution in [1.29, 1.82) is 0 Å². The molecule has 2 atom stereocenters. The van der Waals surface area contributed by atoms with E-state index in [0.717, 1.165) is 5.56 Å². The summed E-state index contributed by atoms with van der Waals surface area (Å²) in [5.74, 6) is 1.39. The van der Waals surface area contributed by atoms with E-state index in [4.69, 9.17) is 16.1 Å². The molecule has 1 saturated heterocycles. The Bertz CT molecular complexity index is 927. The lowest BCUT2D eigenvalue weighted by molar-refractivity contribution is 0.220. The number of anilines is 1. The van der Waals surface area contributed by atoms with E-state index in [-0.39, 0.29) is 17.9 Å². The molecule has 3 aromatic rings. The van der Waals surface area contributed by atoms with Gasteiger partial charge in [-0.3, -0.25) is 0 Å². The fourth-order valence-corrected chi connectivity index (χ4v) is 3.41. The number of carbonyl (C=O) groups excluding carboxylic acids is 1. The number of rotatable bonds is 3. The van der Waals surface area contributed by atoms with Crippen LogP contribution in [-0.4, -0.2) is 34.2 Å². The molecule has 1 N–H and O–H groups in total. The van der Waals surface area contributed by atoms with Crippen molar-refractivity contribution in [2.75, 3.05) is 18.4 Å². The van der Waals surface area contributed by atoms with E-state index in [0.29, 0.717) is 35.5 Å². The highest BCUT2D eigenvalue weighted by Crippen LogP contribution is 2.32. The molecule has 6 nitrogen and oxygen atoms in total. The van der Waals surface area contributed by atoms with Crippen molar-refractivity contribution in [3.8, 4) is 11.4 Å². The Morgan fingerprint density at radius 3 is 2.63 bits per heavy atom. The van der Waals surface area contributed by atoms with Crippen LogP contribution in [0, 0.1) is 5.92 Å². The van der Waals surface area contributed by atoms with Crippen LogP contribution in [0.5, 0.6) is 0 Å². The van der Waals surface area contributed by atoms with Gasteiger partial charge in [0.15, 0.2) is 0 Å². The molecule has 0 unspecified atom stereocenters. The highest BCUT2D eigenvalue weighted by atomic mass is 35.5. The summed E-state index contributed by atoms with van der Waals surface area (Å²) < 4.78 is 5.50. The Morgan fingerprint density at radius 1 is 1.15 bits per heavy atom. The minimum absolute atomic E-state index is 0.0194. The molecule has 0 spiro atoms. The molecule has 4 rings (SSSR count). The second-order valence-electron chi connectivity index (χ2n) is 6.75. The molecule has 0 radical (unpaired) electrons. The zero-order chi connectivity index (χ0) is 18.8. The molecule has 138 valence electrons. The third-order valence-corrected chi connectivity index (χ3v) is 5.04. The second kappa shape index (κ2) is 7.40. The number of hydrogen-bond acceptors (Lipinski definition) is 4. The van der Waals surface area contributed by atoms with Crippen LogP contribution in [0.1, 0.15) is 18.7 Å². The second-order valence-corrected chi connectivity index (χ2v) is 7.18. The average molecular weight is 383 g/mol. The molecule has 1 aliphatic rings. The molecule has 1 aromatic heterocycles. The summed E-state index contributed by atoms with van der Waals surface area (Å²) in [6.07, 6.45) is 0. The lowest BCUT2D eigenvalue weighted by Crippen LogP contribution is -2.33. The molecule has 7 heteroatoms. The van der Waals surface area contributed by atoms with Crippen LogP contribution < -0.4 is 5.32 Å².